The molecule has 0 aromatic rings. The Balaban J connectivity index is 0.000000561. The number of hydrogen-bond acceptors (Lipinski definition) is 2. The van der Waals surface area contributed by atoms with Gasteiger partial charge in [-0.15, -0.1) is 0 Å². The van der Waals surface area contributed by atoms with Crippen molar-refractivity contribution in [3.05, 3.63) is 0 Å². The highest BCUT2D eigenvalue weighted by molar-refractivity contribution is 4.75. The van der Waals surface area contributed by atoms with Crippen molar-refractivity contribution < 1.29 is 0 Å². The summed E-state index contributed by atoms with van der Waals surface area (Å²) in [6, 6.07) is 0.837. The number of nitrogens with zero attached hydrogens (tertiary/aromatic N) is 1. The molecule has 12 heavy (non-hydrogen) atoms. The molecule has 1 atom stereocenters. The lowest BCUT2D eigenvalue weighted by molar-refractivity contribution is 0.293. The maximum absolute atomic E-state index is 5.43. The van der Waals surface area contributed by atoms with Crippen LogP contribution >= 0.6 is 0 Å². The Labute approximate surface area is 77.1 Å². The van der Waals surface area contributed by atoms with Gasteiger partial charge < -0.3 is 10.6 Å². The standard InChI is InChI=1S/C8H18N2.C2H6/c1-10-7-3-5-8(10)4-2-6-9;1-2/h8H,2-7,9H2,1H3;1-2H3. The van der Waals surface area contributed by atoms with Crippen LogP contribution in [0.4, 0.5) is 0 Å². The van der Waals surface area contributed by atoms with Crippen molar-refractivity contribution in [3.8, 4) is 0 Å². The van der Waals surface area contributed by atoms with E-state index < -0.39 is 0 Å². The number of nitrogens with two attached hydrogens (primary N) is 1. The van der Waals surface area contributed by atoms with Gasteiger partial charge in [-0.3, -0.25) is 0 Å². The van der Waals surface area contributed by atoms with Gasteiger partial charge in [0.1, 0.15) is 0 Å². The average Bonchev–Trinajstić information content (AvgIpc) is 2.51. The van der Waals surface area contributed by atoms with Crippen LogP contribution in [0.15, 0.2) is 0 Å². The summed E-state index contributed by atoms with van der Waals surface area (Å²) in [6.45, 7) is 6.14. The van der Waals surface area contributed by atoms with Gasteiger partial charge in [-0.05, 0) is 45.8 Å². The van der Waals surface area contributed by atoms with Crippen molar-refractivity contribution in [2.45, 2.75) is 45.6 Å². The Morgan fingerprint density at radius 3 is 2.50 bits per heavy atom. The molecule has 0 amide bonds. The lowest BCUT2D eigenvalue weighted by Crippen LogP contribution is -2.25. The highest BCUT2D eigenvalue weighted by Crippen LogP contribution is 2.18. The molecule has 0 bridgehead atoms. The summed E-state index contributed by atoms with van der Waals surface area (Å²) in [7, 11) is 2.22. The fourth-order valence-electron chi connectivity index (χ4n) is 1.70. The first-order valence-corrected chi connectivity index (χ1v) is 5.25. The van der Waals surface area contributed by atoms with Crippen LogP contribution in [0.25, 0.3) is 0 Å². The van der Waals surface area contributed by atoms with Gasteiger partial charge in [-0.2, -0.15) is 0 Å². The molecule has 0 spiro atoms. The van der Waals surface area contributed by atoms with E-state index in [1.165, 1.54) is 32.2 Å². The quantitative estimate of drug-likeness (QED) is 0.704. The zero-order valence-corrected chi connectivity index (χ0v) is 8.84. The Hall–Kier alpha value is -0.0800. The molecule has 1 aliphatic rings. The van der Waals surface area contributed by atoms with Gasteiger partial charge in [0.25, 0.3) is 0 Å². The summed E-state index contributed by atoms with van der Waals surface area (Å²) >= 11 is 0. The second-order valence-corrected chi connectivity index (χ2v) is 3.21. The third-order valence-electron chi connectivity index (χ3n) is 2.41. The highest BCUT2D eigenvalue weighted by atomic mass is 15.1. The minimum Gasteiger partial charge on any atom is -0.330 e. The molecule has 2 N–H and O–H groups in total. The van der Waals surface area contributed by atoms with Gasteiger partial charge in [-0.1, -0.05) is 13.8 Å². The molecular weight excluding hydrogens is 148 g/mol. The number of rotatable bonds is 3. The van der Waals surface area contributed by atoms with Crippen LogP contribution in [0.1, 0.15) is 39.5 Å². The molecule has 2 heteroatoms. The molecule has 1 rings (SSSR count). The molecule has 0 aromatic heterocycles. The Morgan fingerprint density at radius 1 is 1.42 bits per heavy atom. The lowest BCUT2D eigenvalue weighted by Gasteiger charge is -2.18. The second-order valence-electron chi connectivity index (χ2n) is 3.21. The minimum absolute atomic E-state index is 0.837. The van der Waals surface area contributed by atoms with E-state index in [4.69, 9.17) is 5.73 Å². The smallest absolute Gasteiger partial charge is 0.00931 e. The summed E-state index contributed by atoms with van der Waals surface area (Å²) in [6.07, 6.45) is 5.25. The predicted octanol–water partition coefficient (Wildman–Crippen LogP) is 1.85. The summed E-state index contributed by atoms with van der Waals surface area (Å²) in [5.41, 5.74) is 5.43. The van der Waals surface area contributed by atoms with Gasteiger partial charge in [-0.25, -0.2) is 0 Å². The zero-order chi connectivity index (χ0) is 9.40. The first-order valence-electron chi connectivity index (χ1n) is 5.25. The molecule has 1 aliphatic heterocycles. The van der Waals surface area contributed by atoms with E-state index in [0.717, 1.165) is 12.6 Å². The average molecular weight is 172 g/mol. The van der Waals surface area contributed by atoms with Gasteiger partial charge in [0, 0.05) is 6.04 Å². The highest BCUT2D eigenvalue weighted by Gasteiger charge is 2.19. The van der Waals surface area contributed by atoms with Gasteiger partial charge in [0.05, 0.1) is 0 Å². The van der Waals surface area contributed by atoms with E-state index in [0.29, 0.717) is 0 Å². The van der Waals surface area contributed by atoms with Gasteiger partial charge >= 0.3 is 0 Å². The van der Waals surface area contributed by atoms with E-state index in [9.17, 15) is 0 Å². The van der Waals surface area contributed by atoms with E-state index >= 15 is 0 Å². The monoisotopic (exact) mass is 172 g/mol. The van der Waals surface area contributed by atoms with E-state index in [2.05, 4.69) is 11.9 Å². The Morgan fingerprint density at radius 2 is 2.08 bits per heavy atom. The van der Waals surface area contributed by atoms with Crippen molar-refractivity contribution in [1.29, 1.82) is 0 Å². The van der Waals surface area contributed by atoms with Crippen molar-refractivity contribution in [2.24, 2.45) is 5.73 Å². The molecule has 1 heterocycles. The molecule has 0 radical (unpaired) electrons. The SMILES string of the molecule is CC.CN1CCCC1CCCN. The topological polar surface area (TPSA) is 29.3 Å². The lowest BCUT2D eigenvalue weighted by atomic mass is 10.1. The summed E-state index contributed by atoms with van der Waals surface area (Å²) < 4.78 is 0. The van der Waals surface area contributed by atoms with Crippen LogP contribution in [0.2, 0.25) is 0 Å². The van der Waals surface area contributed by atoms with Crippen LogP contribution in [-0.4, -0.2) is 31.1 Å². The van der Waals surface area contributed by atoms with Crippen LogP contribution in [0.3, 0.4) is 0 Å². The third-order valence-corrected chi connectivity index (χ3v) is 2.41. The second kappa shape index (κ2) is 7.56. The van der Waals surface area contributed by atoms with Crippen LogP contribution in [0.5, 0.6) is 0 Å². The maximum Gasteiger partial charge on any atom is 0.00931 e. The largest absolute Gasteiger partial charge is 0.330 e. The minimum atomic E-state index is 0.837. The molecule has 0 aliphatic carbocycles. The Bertz CT molecular complexity index is 93.8. The maximum atomic E-state index is 5.43. The molecular formula is C10H24N2. The number of likely N-dealkylation sites (tertiary alicyclic amines) is 1. The van der Waals surface area contributed by atoms with E-state index in [-0.39, 0.29) is 0 Å². The van der Waals surface area contributed by atoms with Gasteiger partial charge in [0.2, 0.25) is 0 Å². The molecule has 1 saturated heterocycles. The van der Waals surface area contributed by atoms with Crippen molar-refractivity contribution >= 4 is 0 Å². The van der Waals surface area contributed by atoms with Crippen LogP contribution < -0.4 is 5.73 Å². The van der Waals surface area contributed by atoms with Crippen LogP contribution in [-0.2, 0) is 0 Å². The van der Waals surface area contributed by atoms with Crippen LogP contribution in [0, 0.1) is 0 Å². The first kappa shape index (κ1) is 11.9. The summed E-state index contributed by atoms with van der Waals surface area (Å²) in [5, 5.41) is 0. The van der Waals surface area contributed by atoms with Crippen molar-refractivity contribution in [3.63, 3.8) is 0 Å². The number of hydrogen-bond donors (Lipinski definition) is 1. The predicted molar refractivity (Wildman–Crippen MR) is 55.3 cm³/mol. The summed E-state index contributed by atoms with van der Waals surface area (Å²) in [5.74, 6) is 0. The molecule has 74 valence electrons. The molecule has 0 aromatic carbocycles. The first-order chi connectivity index (χ1) is 5.84. The normalized spacial score (nSPS) is 23.5. The molecule has 1 unspecified atom stereocenters. The van der Waals surface area contributed by atoms with Crippen molar-refractivity contribution in [2.75, 3.05) is 20.1 Å². The third kappa shape index (κ3) is 4.07. The van der Waals surface area contributed by atoms with E-state index in [1.54, 1.807) is 0 Å². The fourth-order valence-corrected chi connectivity index (χ4v) is 1.70. The van der Waals surface area contributed by atoms with E-state index in [1.807, 2.05) is 13.8 Å². The Kier molecular flexibility index (Phi) is 7.51. The molecule has 1 fully saturated rings. The molecule has 2 nitrogen and oxygen atoms in total. The summed E-state index contributed by atoms with van der Waals surface area (Å²) in [4.78, 5) is 2.45. The van der Waals surface area contributed by atoms with Gasteiger partial charge in [0.15, 0.2) is 0 Å². The molecule has 0 saturated carbocycles. The van der Waals surface area contributed by atoms with Crippen molar-refractivity contribution in [1.82, 2.24) is 4.90 Å². The zero-order valence-electron chi connectivity index (χ0n) is 8.84. The fraction of sp³-hybridized carbons (Fsp3) is 1.00.